The van der Waals surface area contributed by atoms with Crippen molar-refractivity contribution in [2.24, 2.45) is 11.8 Å². The van der Waals surface area contributed by atoms with Crippen LogP contribution in [0, 0.1) is 11.8 Å². The number of methoxy groups -OCH3 is 1. The molecule has 0 N–H and O–H groups in total. The molecular formula is C15H22N2O4. The van der Waals surface area contributed by atoms with Crippen molar-refractivity contribution in [2.75, 3.05) is 26.7 Å². The number of likely N-dealkylation sites (tertiary alicyclic amines) is 2. The van der Waals surface area contributed by atoms with Gasteiger partial charge in [-0.25, -0.2) is 0 Å². The lowest BCUT2D eigenvalue weighted by atomic mass is 9.95. The summed E-state index contributed by atoms with van der Waals surface area (Å²) in [5, 5.41) is 0. The van der Waals surface area contributed by atoms with Crippen molar-refractivity contribution >= 4 is 17.8 Å². The van der Waals surface area contributed by atoms with Gasteiger partial charge in [0.25, 0.3) is 0 Å². The molecule has 3 rings (SSSR count). The van der Waals surface area contributed by atoms with Crippen LogP contribution in [0.2, 0.25) is 0 Å². The second-order valence-corrected chi connectivity index (χ2v) is 6.30. The van der Waals surface area contributed by atoms with Gasteiger partial charge in [-0.05, 0) is 25.7 Å². The molecule has 1 atom stereocenters. The standard InChI is InChI=1S/C15H22N2O4/c1-21-15(20)10-4-6-16(7-5-10)14(19)11-8-13(18)17(9-11)12-2-3-12/h10-12H,2-9H2,1H3. The summed E-state index contributed by atoms with van der Waals surface area (Å²) in [7, 11) is 1.40. The maximum Gasteiger partial charge on any atom is 0.308 e. The molecule has 3 fully saturated rings. The average Bonchev–Trinajstić information content (AvgIpc) is 3.28. The predicted octanol–water partition coefficient (Wildman–Crippen LogP) is 0.409. The second kappa shape index (κ2) is 5.66. The van der Waals surface area contributed by atoms with E-state index in [1.165, 1.54) is 7.11 Å². The molecule has 1 unspecified atom stereocenters. The lowest BCUT2D eigenvalue weighted by molar-refractivity contribution is -0.149. The number of hydrogen-bond acceptors (Lipinski definition) is 4. The fourth-order valence-electron chi connectivity index (χ4n) is 3.40. The molecule has 0 bridgehead atoms. The zero-order chi connectivity index (χ0) is 15.0. The van der Waals surface area contributed by atoms with Gasteiger partial charge < -0.3 is 14.5 Å². The van der Waals surface area contributed by atoms with Crippen LogP contribution in [0.3, 0.4) is 0 Å². The molecule has 6 nitrogen and oxygen atoms in total. The number of carbonyl (C=O) groups is 3. The fraction of sp³-hybridized carbons (Fsp3) is 0.800. The smallest absolute Gasteiger partial charge is 0.308 e. The molecule has 1 saturated carbocycles. The molecule has 116 valence electrons. The normalized spacial score (nSPS) is 27.1. The number of piperidine rings is 1. The molecule has 0 aromatic rings. The predicted molar refractivity (Wildman–Crippen MR) is 74.2 cm³/mol. The Kier molecular flexibility index (Phi) is 3.87. The maximum absolute atomic E-state index is 12.5. The molecule has 0 aromatic carbocycles. The number of nitrogens with zero attached hydrogens (tertiary/aromatic N) is 2. The Labute approximate surface area is 124 Å². The van der Waals surface area contributed by atoms with Crippen molar-refractivity contribution in [3.63, 3.8) is 0 Å². The lowest BCUT2D eigenvalue weighted by Crippen LogP contribution is -2.44. The SMILES string of the molecule is COC(=O)C1CCN(C(=O)C2CC(=O)N(C3CC3)C2)CC1. The van der Waals surface area contributed by atoms with Gasteiger partial charge in [-0.3, -0.25) is 14.4 Å². The van der Waals surface area contributed by atoms with Gasteiger partial charge in [0.15, 0.2) is 0 Å². The number of carbonyl (C=O) groups excluding carboxylic acids is 3. The Bertz CT molecular complexity index is 453. The second-order valence-electron chi connectivity index (χ2n) is 6.30. The number of hydrogen-bond donors (Lipinski definition) is 0. The molecular weight excluding hydrogens is 272 g/mol. The van der Waals surface area contributed by atoms with Crippen LogP contribution >= 0.6 is 0 Å². The first-order chi connectivity index (χ1) is 10.1. The third kappa shape index (κ3) is 2.89. The fourth-order valence-corrected chi connectivity index (χ4v) is 3.40. The summed E-state index contributed by atoms with van der Waals surface area (Å²) in [5.41, 5.74) is 0. The van der Waals surface area contributed by atoms with Gasteiger partial charge in [-0.2, -0.15) is 0 Å². The van der Waals surface area contributed by atoms with E-state index in [1.807, 2.05) is 9.80 Å². The van der Waals surface area contributed by atoms with Crippen molar-refractivity contribution < 1.29 is 19.1 Å². The molecule has 0 aromatic heterocycles. The van der Waals surface area contributed by atoms with E-state index in [-0.39, 0.29) is 29.6 Å². The van der Waals surface area contributed by atoms with Gasteiger partial charge in [0, 0.05) is 32.1 Å². The van der Waals surface area contributed by atoms with Crippen LogP contribution in [0.25, 0.3) is 0 Å². The lowest BCUT2D eigenvalue weighted by Gasteiger charge is -2.32. The van der Waals surface area contributed by atoms with Crippen molar-refractivity contribution in [2.45, 2.75) is 38.1 Å². The van der Waals surface area contributed by atoms with Gasteiger partial charge >= 0.3 is 5.97 Å². The van der Waals surface area contributed by atoms with Crippen molar-refractivity contribution in [3.8, 4) is 0 Å². The van der Waals surface area contributed by atoms with Gasteiger partial charge in [0.1, 0.15) is 0 Å². The zero-order valence-corrected chi connectivity index (χ0v) is 12.4. The van der Waals surface area contributed by atoms with Crippen LogP contribution in [-0.4, -0.2) is 60.4 Å². The third-order valence-corrected chi connectivity index (χ3v) is 4.84. The molecule has 0 spiro atoms. The zero-order valence-electron chi connectivity index (χ0n) is 12.4. The first kappa shape index (κ1) is 14.4. The highest BCUT2D eigenvalue weighted by atomic mass is 16.5. The van der Waals surface area contributed by atoms with E-state index < -0.39 is 0 Å². The Morgan fingerprint density at radius 3 is 2.33 bits per heavy atom. The van der Waals surface area contributed by atoms with E-state index in [0.717, 1.165) is 12.8 Å². The summed E-state index contributed by atoms with van der Waals surface area (Å²) >= 11 is 0. The molecule has 0 radical (unpaired) electrons. The van der Waals surface area contributed by atoms with Crippen LogP contribution in [-0.2, 0) is 19.1 Å². The minimum atomic E-state index is -0.187. The molecule has 3 aliphatic rings. The van der Waals surface area contributed by atoms with E-state index in [0.29, 0.717) is 44.9 Å². The number of rotatable bonds is 3. The molecule has 2 heterocycles. The Morgan fingerprint density at radius 1 is 1.10 bits per heavy atom. The first-order valence-corrected chi connectivity index (χ1v) is 7.76. The van der Waals surface area contributed by atoms with Crippen LogP contribution < -0.4 is 0 Å². The summed E-state index contributed by atoms with van der Waals surface area (Å²) in [6, 6.07) is 0.389. The largest absolute Gasteiger partial charge is 0.469 e. The maximum atomic E-state index is 12.5. The molecule has 21 heavy (non-hydrogen) atoms. The molecule has 1 aliphatic carbocycles. The Hall–Kier alpha value is -1.59. The third-order valence-electron chi connectivity index (χ3n) is 4.84. The Morgan fingerprint density at radius 2 is 1.76 bits per heavy atom. The first-order valence-electron chi connectivity index (χ1n) is 7.76. The van der Waals surface area contributed by atoms with Gasteiger partial charge in [-0.1, -0.05) is 0 Å². The van der Waals surface area contributed by atoms with Crippen LogP contribution in [0.5, 0.6) is 0 Å². The topological polar surface area (TPSA) is 66.9 Å². The number of amides is 2. The summed E-state index contributed by atoms with van der Waals surface area (Å²) in [6.07, 6.45) is 3.83. The highest BCUT2D eigenvalue weighted by Crippen LogP contribution is 2.33. The van der Waals surface area contributed by atoms with Crippen molar-refractivity contribution in [3.05, 3.63) is 0 Å². The highest BCUT2D eigenvalue weighted by molar-refractivity contribution is 5.89. The minimum absolute atomic E-state index is 0.0785. The van der Waals surface area contributed by atoms with Crippen LogP contribution in [0.4, 0.5) is 0 Å². The van der Waals surface area contributed by atoms with Crippen molar-refractivity contribution in [1.29, 1.82) is 0 Å². The highest BCUT2D eigenvalue weighted by Gasteiger charge is 2.43. The van der Waals surface area contributed by atoms with Crippen LogP contribution in [0.15, 0.2) is 0 Å². The van der Waals surface area contributed by atoms with E-state index >= 15 is 0 Å². The summed E-state index contributed by atoms with van der Waals surface area (Å²) in [5.74, 6) is -0.256. The molecule has 2 amide bonds. The van der Waals surface area contributed by atoms with E-state index in [1.54, 1.807) is 0 Å². The average molecular weight is 294 g/mol. The number of ether oxygens (including phenoxy) is 1. The monoisotopic (exact) mass is 294 g/mol. The molecule has 2 saturated heterocycles. The van der Waals surface area contributed by atoms with Crippen LogP contribution in [0.1, 0.15) is 32.1 Å². The Balaban J connectivity index is 1.52. The van der Waals surface area contributed by atoms with E-state index in [2.05, 4.69) is 0 Å². The van der Waals surface area contributed by atoms with Gasteiger partial charge in [-0.15, -0.1) is 0 Å². The van der Waals surface area contributed by atoms with Gasteiger partial charge in [0.2, 0.25) is 11.8 Å². The summed E-state index contributed by atoms with van der Waals surface area (Å²) < 4.78 is 4.75. The van der Waals surface area contributed by atoms with E-state index in [4.69, 9.17) is 4.74 Å². The minimum Gasteiger partial charge on any atom is -0.469 e. The number of esters is 1. The molecule has 2 aliphatic heterocycles. The summed E-state index contributed by atoms with van der Waals surface area (Å²) in [6.45, 7) is 1.76. The van der Waals surface area contributed by atoms with E-state index in [9.17, 15) is 14.4 Å². The summed E-state index contributed by atoms with van der Waals surface area (Å²) in [4.78, 5) is 39.6. The van der Waals surface area contributed by atoms with Gasteiger partial charge in [0.05, 0.1) is 18.9 Å². The quantitative estimate of drug-likeness (QED) is 0.707. The molecule has 6 heteroatoms. The van der Waals surface area contributed by atoms with Crippen molar-refractivity contribution in [1.82, 2.24) is 9.80 Å².